The van der Waals surface area contributed by atoms with Gasteiger partial charge in [-0.05, 0) is 24.3 Å². The standard InChI is InChI=1S/C12H10ClNOS/c13-10-4-1-3-9(7-10)12(16)14-8-11-5-2-6-15-11/h1-7H,8H2,(H,14,16). The minimum atomic E-state index is 0.582. The van der Waals surface area contributed by atoms with E-state index in [9.17, 15) is 0 Å². The zero-order chi connectivity index (χ0) is 11.4. The Kier molecular flexibility index (Phi) is 3.59. The van der Waals surface area contributed by atoms with Gasteiger partial charge in [0.15, 0.2) is 0 Å². The largest absolute Gasteiger partial charge is 0.467 e. The molecule has 0 aliphatic carbocycles. The van der Waals surface area contributed by atoms with Crippen LogP contribution in [-0.2, 0) is 6.54 Å². The van der Waals surface area contributed by atoms with Crippen LogP contribution in [-0.4, -0.2) is 4.99 Å². The lowest BCUT2D eigenvalue weighted by atomic mass is 10.2. The van der Waals surface area contributed by atoms with Crippen LogP contribution in [0.4, 0.5) is 0 Å². The van der Waals surface area contributed by atoms with Gasteiger partial charge < -0.3 is 9.73 Å². The summed E-state index contributed by atoms with van der Waals surface area (Å²) in [5.74, 6) is 0.851. The van der Waals surface area contributed by atoms with Crippen LogP contribution in [0.3, 0.4) is 0 Å². The third-order valence-corrected chi connectivity index (χ3v) is 2.71. The molecule has 0 fully saturated rings. The average Bonchev–Trinajstić information content (AvgIpc) is 2.78. The molecule has 1 heterocycles. The van der Waals surface area contributed by atoms with E-state index >= 15 is 0 Å². The summed E-state index contributed by atoms with van der Waals surface area (Å²) in [6.07, 6.45) is 1.64. The SMILES string of the molecule is S=C(NCc1ccco1)c1cccc(Cl)c1. The molecule has 2 nitrogen and oxygen atoms in total. The maximum absolute atomic E-state index is 5.88. The fourth-order valence-corrected chi connectivity index (χ4v) is 1.70. The molecule has 1 N–H and O–H groups in total. The quantitative estimate of drug-likeness (QED) is 0.847. The van der Waals surface area contributed by atoms with Gasteiger partial charge in [0.05, 0.1) is 12.8 Å². The second kappa shape index (κ2) is 5.14. The van der Waals surface area contributed by atoms with E-state index < -0.39 is 0 Å². The Bertz CT molecular complexity index is 482. The lowest BCUT2D eigenvalue weighted by Gasteiger charge is -2.06. The van der Waals surface area contributed by atoms with E-state index in [0.717, 1.165) is 11.3 Å². The van der Waals surface area contributed by atoms with Crippen molar-refractivity contribution in [3.8, 4) is 0 Å². The minimum Gasteiger partial charge on any atom is -0.467 e. The second-order valence-electron chi connectivity index (χ2n) is 3.27. The molecule has 16 heavy (non-hydrogen) atoms. The van der Waals surface area contributed by atoms with Crippen molar-refractivity contribution in [3.63, 3.8) is 0 Å². The summed E-state index contributed by atoms with van der Waals surface area (Å²) in [5.41, 5.74) is 0.911. The summed E-state index contributed by atoms with van der Waals surface area (Å²) in [7, 11) is 0. The van der Waals surface area contributed by atoms with Gasteiger partial charge in [0.2, 0.25) is 0 Å². The molecule has 0 radical (unpaired) electrons. The number of furan rings is 1. The van der Waals surface area contributed by atoms with Gasteiger partial charge in [-0.15, -0.1) is 0 Å². The molecule has 0 saturated carbocycles. The van der Waals surface area contributed by atoms with Gasteiger partial charge in [-0.1, -0.05) is 36.0 Å². The van der Waals surface area contributed by atoms with Crippen molar-refractivity contribution in [2.45, 2.75) is 6.54 Å². The van der Waals surface area contributed by atoms with Crippen LogP contribution in [0.15, 0.2) is 47.1 Å². The molecular weight excluding hydrogens is 242 g/mol. The Morgan fingerprint density at radius 3 is 2.88 bits per heavy atom. The van der Waals surface area contributed by atoms with E-state index in [1.54, 1.807) is 6.26 Å². The van der Waals surface area contributed by atoms with E-state index in [1.807, 2.05) is 36.4 Å². The van der Waals surface area contributed by atoms with Crippen LogP contribution in [0, 0.1) is 0 Å². The summed E-state index contributed by atoms with van der Waals surface area (Å²) in [5, 5.41) is 3.79. The monoisotopic (exact) mass is 251 g/mol. The highest BCUT2D eigenvalue weighted by Crippen LogP contribution is 2.11. The molecule has 0 spiro atoms. The van der Waals surface area contributed by atoms with E-state index in [2.05, 4.69) is 5.32 Å². The first-order valence-electron chi connectivity index (χ1n) is 4.82. The molecule has 0 unspecified atom stereocenters. The maximum atomic E-state index is 5.88. The summed E-state index contributed by atoms with van der Waals surface area (Å²) < 4.78 is 5.20. The molecule has 2 rings (SSSR count). The van der Waals surface area contributed by atoms with E-state index in [-0.39, 0.29) is 0 Å². The van der Waals surface area contributed by atoms with E-state index in [0.29, 0.717) is 16.6 Å². The number of nitrogens with one attached hydrogen (secondary N) is 1. The van der Waals surface area contributed by atoms with Crippen molar-refractivity contribution in [3.05, 3.63) is 59.0 Å². The lowest BCUT2D eigenvalue weighted by Crippen LogP contribution is -2.21. The molecule has 82 valence electrons. The molecule has 0 bridgehead atoms. The van der Waals surface area contributed by atoms with Crippen LogP contribution < -0.4 is 5.32 Å². The highest BCUT2D eigenvalue weighted by atomic mass is 35.5. The van der Waals surface area contributed by atoms with Crippen molar-refractivity contribution < 1.29 is 4.42 Å². The first kappa shape index (κ1) is 11.2. The average molecular weight is 252 g/mol. The summed E-state index contributed by atoms with van der Waals surface area (Å²) >= 11 is 11.1. The zero-order valence-electron chi connectivity index (χ0n) is 8.44. The Morgan fingerprint density at radius 2 is 2.19 bits per heavy atom. The van der Waals surface area contributed by atoms with Gasteiger partial charge in [-0.3, -0.25) is 0 Å². The molecular formula is C12H10ClNOS. The van der Waals surface area contributed by atoms with E-state index in [1.165, 1.54) is 0 Å². The Morgan fingerprint density at radius 1 is 1.31 bits per heavy atom. The number of hydrogen-bond acceptors (Lipinski definition) is 2. The van der Waals surface area contributed by atoms with Crippen LogP contribution >= 0.6 is 23.8 Å². The van der Waals surface area contributed by atoms with Crippen LogP contribution in [0.1, 0.15) is 11.3 Å². The molecule has 0 aliphatic rings. The molecule has 1 aromatic carbocycles. The zero-order valence-corrected chi connectivity index (χ0v) is 10.0. The van der Waals surface area contributed by atoms with Crippen molar-refractivity contribution in [2.75, 3.05) is 0 Å². The van der Waals surface area contributed by atoms with Crippen molar-refractivity contribution in [1.29, 1.82) is 0 Å². The van der Waals surface area contributed by atoms with Gasteiger partial charge in [0.1, 0.15) is 10.7 Å². The predicted molar refractivity (Wildman–Crippen MR) is 68.7 cm³/mol. The fourth-order valence-electron chi connectivity index (χ4n) is 1.31. The van der Waals surface area contributed by atoms with Crippen molar-refractivity contribution >= 4 is 28.8 Å². The first-order chi connectivity index (χ1) is 7.75. The topological polar surface area (TPSA) is 25.2 Å². The minimum absolute atomic E-state index is 0.582. The van der Waals surface area contributed by atoms with Gasteiger partial charge >= 0.3 is 0 Å². The third kappa shape index (κ3) is 2.84. The summed E-state index contributed by atoms with van der Waals surface area (Å²) in [6.45, 7) is 0.582. The highest BCUT2D eigenvalue weighted by Gasteiger charge is 2.02. The highest BCUT2D eigenvalue weighted by molar-refractivity contribution is 7.80. The van der Waals surface area contributed by atoms with Crippen molar-refractivity contribution in [1.82, 2.24) is 5.32 Å². The third-order valence-electron chi connectivity index (χ3n) is 2.09. The predicted octanol–water partition coefficient (Wildman–Crippen LogP) is 3.40. The number of hydrogen-bond donors (Lipinski definition) is 1. The normalized spacial score (nSPS) is 10.1. The Hall–Kier alpha value is -1.32. The van der Waals surface area contributed by atoms with Crippen molar-refractivity contribution in [2.24, 2.45) is 0 Å². The smallest absolute Gasteiger partial charge is 0.122 e. The van der Waals surface area contributed by atoms with Crippen LogP contribution in [0.5, 0.6) is 0 Å². The molecule has 1 aromatic heterocycles. The van der Waals surface area contributed by atoms with Gasteiger partial charge in [0.25, 0.3) is 0 Å². The van der Waals surface area contributed by atoms with E-state index in [4.69, 9.17) is 28.2 Å². The number of halogens is 1. The fraction of sp³-hybridized carbons (Fsp3) is 0.0833. The Balaban J connectivity index is 1.98. The molecule has 4 heteroatoms. The second-order valence-corrected chi connectivity index (χ2v) is 4.12. The number of benzene rings is 1. The maximum Gasteiger partial charge on any atom is 0.122 e. The van der Waals surface area contributed by atoms with Gasteiger partial charge in [-0.25, -0.2) is 0 Å². The number of rotatable bonds is 3. The molecule has 2 aromatic rings. The molecule has 0 amide bonds. The number of thiocarbonyl (C=S) groups is 1. The molecule has 0 saturated heterocycles. The Labute approximate surface area is 104 Å². The lowest BCUT2D eigenvalue weighted by molar-refractivity contribution is 0.504. The van der Waals surface area contributed by atoms with Gasteiger partial charge in [-0.2, -0.15) is 0 Å². The summed E-state index contributed by atoms with van der Waals surface area (Å²) in [4.78, 5) is 0.666. The van der Waals surface area contributed by atoms with Crippen LogP contribution in [0.2, 0.25) is 5.02 Å². The van der Waals surface area contributed by atoms with Crippen LogP contribution in [0.25, 0.3) is 0 Å². The van der Waals surface area contributed by atoms with Gasteiger partial charge in [0, 0.05) is 10.6 Å². The summed E-state index contributed by atoms with van der Waals surface area (Å²) in [6, 6.07) is 11.2. The molecule has 0 aliphatic heterocycles. The first-order valence-corrected chi connectivity index (χ1v) is 5.60. The molecule has 0 atom stereocenters.